The van der Waals surface area contributed by atoms with Crippen molar-refractivity contribution in [2.24, 2.45) is 12.1 Å². The Kier molecular flexibility index (Phi) is 3.82. The highest BCUT2D eigenvalue weighted by Crippen LogP contribution is 2.08. The van der Waals surface area contributed by atoms with Gasteiger partial charge in [0.05, 0.1) is 6.21 Å². The van der Waals surface area contributed by atoms with Gasteiger partial charge in [0, 0.05) is 18.1 Å². The molecule has 0 spiro atoms. The number of hydrazone groups is 1. The lowest BCUT2D eigenvalue weighted by Gasteiger charge is -2.04. The lowest BCUT2D eigenvalue weighted by Crippen LogP contribution is -2.28. The van der Waals surface area contributed by atoms with Gasteiger partial charge in [-0.1, -0.05) is 23.7 Å². The number of hydrogen-bond donors (Lipinski definition) is 2. The van der Waals surface area contributed by atoms with E-state index in [2.05, 4.69) is 15.5 Å². The third kappa shape index (κ3) is 3.32. The average Bonchev–Trinajstić information content (AvgIpc) is 2.37. The molecule has 1 aromatic carbocycles. The summed E-state index contributed by atoms with van der Waals surface area (Å²) in [5, 5.41) is 4.59. The largest absolute Gasteiger partial charge is 0.329 e. The Labute approximate surface area is 113 Å². The Hall–Kier alpha value is -2.34. The Bertz CT molecular complexity index is 716. The van der Waals surface area contributed by atoms with Crippen molar-refractivity contribution in [2.45, 2.75) is 0 Å². The third-order valence-corrected chi connectivity index (χ3v) is 2.68. The molecule has 19 heavy (non-hydrogen) atoms. The second-order valence-corrected chi connectivity index (χ2v) is 4.24. The predicted octanol–water partition coefficient (Wildman–Crippen LogP) is 1.17. The second-order valence-electron chi connectivity index (χ2n) is 3.80. The molecule has 1 heterocycles. The van der Waals surface area contributed by atoms with Crippen LogP contribution >= 0.6 is 11.6 Å². The number of hydrogen-bond acceptors (Lipinski definition) is 4. The summed E-state index contributed by atoms with van der Waals surface area (Å²) >= 11 is 5.76. The van der Waals surface area contributed by atoms with Gasteiger partial charge in [-0.05, 0) is 17.7 Å². The molecule has 0 radical (unpaired) electrons. The Morgan fingerprint density at radius 3 is 2.68 bits per heavy atom. The molecule has 7 heteroatoms. The fraction of sp³-hybridized carbons (Fsp3) is 0.0833. The number of nitrogens with zero attached hydrogens (tertiary/aromatic N) is 2. The summed E-state index contributed by atoms with van der Waals surface area (Å²) in [4.78, 5) is 24.6. The van der Waals surface area contributed by atoms with Gasteiger partial charge in [0.2, 0.25) is 0 Å². The standard InChI is InChI=1S/C12H11ClN4O2/c1-17-10(6-11(18)15-12(17)19)16-14-7-8-2-4-9(13)5-3-8/h2-7,16H,1H3,(H,15,18,19)/b14-7+. The maximum absolute atomic E-state index is 11.3. The molecule has 0 saturated carbocycles. The Morgan fingerprint density at radius 1 is 1.32 bits per heavy atom. The van der Waals surface area contributed by atoms with E-state index in [4.69, 9.17) is 11.6 Å². The number of rotatable bonds is 3. The maximum Gasteiger partial charge on any atom is 0.329 e. The van der Waals surface area contributed by atoms with Crippen molar-refractivity contribution in [1.29, 1.82) is 0 Å². The highest BCUT2D eigenvalue weighted by atomic mass is 35.5. The molecule has 0 fully saturated rings. The van der Waals surface area contributed by atoms with Crippen LogP contribution < -0.4 is 16.7 Å². The number of aromatic amines is 1. The highest BCUT2D eigenvalue weighted by molar-refractivity contribution is 6.30. The van der Waals surface area contributed by atoms with Gasteiger partial charge < -0.3 is 0 Å². The van der Waals surface area contributed by atoms with Crippen LogP contribution in [0.5, 0.6) is 0 Å². The number of halogens is 1. The quantitative estimate of drug-likeness (QED) is 0.653. The molecule has 98 valence electrons. The van der Waals surface area contributed by atoms with Gasteiger partial charge in [0.1, 0.15) is 5.82 Å². The minimum atomic E-state index is -0.503. The minimum absolute atomic E-state index is 0.305. The maximum atomic E-state index is 11.3. The molecule has 0 saturated heterocycles. The van der Waals surface area contributed by atoms with E-state index < -0.39 is 11.2 Å². The van der Waals surface area contributed by atoms with Crippen molar-refractivity contribution in [3.05, 3.63) is 61.8 Å². The van der Waals surface area contributed by atoms with Crippen molar-refractivity contribution in [2.75, 3.05) is 5.43 Å². The molecule has 0 unspecified atom stereocenters. The molecular weight excluding hydrogens is 268 g/mol. The number of aromatic nitrogens is 2. The topological polar surface area (TPSA) is 79.2 Å². The van der Waals surface area contributed by atoms with Crippen molar-refractivity contribution < 1.29 is 0 Å². The number of anilines is 1. The first-order chi connectivity index (χ1) is 9.06. The summed E-state index contributed by atoms with van der Waals surface area (Å²) < 4.78 is 1.25. The van der Waals surface area contributed by atoms with Crippen LogP contribution in [-0.2, 0) is 7.05 Å². The highest BCUT2D eigenvalue weighted by Gasteiger charge is 1.99. The summed E-state index contributed by atoms with van der Waals surface area (Å²) in [7, 11) is 1.53. The van der Waals surface area contributed by atoms with E-state index >= 15 is 0 Å². The molecule has 6 nitrogen and oxygen atoms in total. The summed E-state index contributed by atoms with van der Waals surface area (Å²) in [5.74, 6) is 0.305. The average molecular weight is 279 g/mol. The van der Waals surface area contributed by atoms with Crippen LogP contribution in [0.2, 0.25) is 5.02 Å². The monoisotopic (exact) mass is 278 g/mol. The summed E-state index contributed by atoms with van der Waals surface area (Å²) in [5.41, 5.74) is 2.49. The minimum Gasteiger partial charge on any atom is -0.282 e. The van der Waals surface area contributed by atoms with Crippen LogP contribution in [0.15, 0.2) is 45.0 Å². The van der Waals surface area contributed by atoms with Gasteiger partial charge >= 0.3 is 5.69 Å². The molecule has 0 aliphatic rings. The lowest BCUT2D eigenvalue weighted by atomic mass is 10.2. The molecule has 0 aliphatic carbocycles. The molecular formula is C12H11ClN4O2. The Morgan fingerprint density at radius 2 is 2.00 bits per heavy atom. The van der Waals surface area contributed by atoms with Crippen LogP contribution in [0.4, 0.5) is 5.82 Å². The van der Waals surface area contributed by atoms with Crippen LogP contribution in [0.3, 0.4) is 0 Å². The van der Waals surface area contributed by atoms with E-state index in [1.165, 1.54) is 17.7 Å². The van der Waals surface area contributed by atoms with Gasteiger partial charge in [0.15, 0.2) is 0 Å². The molecule has 0 bridgehead atoms. The van der Waals surface area contributed by atoms with Crippen molar-refractivity contribution in [3.8, 4) is 0 Å². The fourth-order valence-electron chi connectivity index (χ4n) is 1.38. The number of nitrogens with one attached hydrogen (secondary N) is 2. The first-order valence-electron chi connectivity index (χ1n) is 5.41. The molecule has 2 aromatic rings. The molecule has 0 aliphatic heterocycles. The zero-order chi connectivity index (χ0) is 13.8. The van der Waals surface area contributed by atoms with Crippen LogP contribution in [0, 0.1) is 0 Å². The van der Waals surface area contributed by atoms with Crippen LogP contribution in [0.25, 0.3) is 0 Å². The third-order valence-electron chi connectivity index (χ3n) is 2.43. The zero-order valence-corrected chi connectivity index (χ0v) is 10.8. The second kappa shape index (κ2) is 5.53. The summed E-state index contributed by atoms with van der Waals surface area (Å²) in [6, 6.07) is 8.33. The molecule has 0 atom stereocenters. The van der Waals surface area contributed by atoms with Crippen LogP contribution in [0.1, 0.15) is 5.56 Å². The van der Waals surface area contributed by atoms with Crippen LogP contribution in [-0.4, -0.2) is 15.8 Å². The first-order valence-corrected chi connectivity index (χ1v) is 5.79. The van der Waals surface area contributed by atoms with E-state index in [0.29, 0.717) is 10.8 Å². The summed E-state index contributed by atoms with van der Waals surface area (Å²) in [6.07, 6.45) is 1.56. The van der Waals surface area contributed by atoms with E-state index in [0.717, 1.165) is 5.56 Å². The molecule has 2 N–H and O–H groups in total. The van der Waals surface area contributed by atoms with Gasteiger partial charge in [-0.25, -0.2) is 4.79 Å². The van der Waals surface area contributed by atoms with E-state index in [1.54, 1.807) is 30.5 Å². The summed E-state index contributed by atoms with van der Waals surface area (Å²) in [6.45, 7) is 0. The molecule has 0 amide bonds. The van der Waals surface area contributed by atoms with E-state index in [9.17, 15) is 9.59 Å². The van der Waals surface area contributed by atoms with Gasteiger partial charge in [-0.3, -0.25) is 19.8 Å². The van der Waals surface area contributed by atoms with Gasteiger partial charge in [0.25, 0.3) is 5.56 Å². The van der Waals surface area contributed by atoms with E-state index in [1.807, 2.05) is 0 Å². The zero-order valence-electron chi connectivity index (χ0n) is 10.1. The molecule has 1 aromatic heterocycles. The SMILES string of the molecule is Cn1c(N/N=C/c2ccc(Cl)cc2)cc(=O)[nH]c1=O. The first kappa shape index (κ1) is 13.1. The van der Waals surface area contributed by atoms with Crippen molar-refractivity contribution in [3.63, 3.8) is 0 Å². The van der Waals surface area contributed by atoms with Gasteiger partial charge in [-0.15, -0.1) is 0 Å². The number of H-pyrrole nitrogens is 1. The normalized spacial score (nSPS) is 10.8. The Balaban J connectivity index is 2.17. The smallest absolute Gasteiger partial charge is 0.282 e. The predicted molar refractivity (Wildman–Crippen MR) is 75.0 cm³/mol. The van der Waals surface area contributed by atoms with Gasteiger partial charge in [-0.2, -0.15) is 5.10 Å². The molecule has 2 rings (SSSR count). The lowest BCUT2D eigenvalue weighted by molar-refractivity contribution is 0.803. The number of benzene rings is 1. The van der Waals surface area contributed by atoms with Crippen molar-refractivity contribution >= 4 is 23.6 Å². The van der Waals surface area contributed by atoms with Crippen molar-refractivity contribution in [1.82, 2.24) is 9.55 Å². The fourth-order valence-corrected chi connectivity index (χ4v) is 1.51. The van der Waals surface area contributed by atoms with E-state index in [-0.39, 0.29) is 0 Å².